The zero-order valence-corrected chi connectivity index (χ0v) is 14.8. The van der Waals surface area contributed by atoms with Gasteiger partial charge in [-0.15, -0.1) is 12.4 Å². The summed E-state index contributed by atoms with van der Waals surface area (Å²) >= 11 is 0. The second-order valence-electron chi connectivity index (χ2n) is 7.75. The van der Waals surface area contributed by atoms with Crippen molar-refractivity contribution < 1.29 is 4.79 Å². The summed E-state index contributed by atoms with van der Waals surface area (Å²) in [6.45, 7) is 3.35. The zero-order valence-electron chi connectivity index (χ0n) is 14.0. The summed E-state index contributed by atoms with van der Waals surface area (Å²) in [6.07, 6.45) is 8.08. The Bertz CT molecular complexity index is 388. The molecule has 0 radical (unpaired) electrons. The van der Waals surface area contributed by atoms with E-state index in [1.54, 1.807) is 0 Å². The van der Waals surface area contributed by atoms with E-state index in [2.05, 4.69) is 17.1 Å². The highest BCUT2D eigenvalue weighted by molar-refractivity contribution is 5.85. The van der Waals surface area contributed by atoms with E-state index < -0.39 is 0 Å². The van der Waals surface area contributed by atoms with Crippen LogP contribution in [0.2, 0.25) is 0 Å². The third-order valence-electron chi connectivity index (χ3n) is 6.19. The first-order valence-corrected chi connectivity index (χ1v) is 8.78. The topological polar surface area (TPSA) is 58.4 Å². The fourth-order valence-electron chi connectivity index (χ4n) is 4.87. The van der Waals surface area contributed by atoms with Crippen LogP contribution in [0.15, 0.2) is 0 Å². The third kappa shape index (κ3) is 3.95. The standard InChI is InChI=1S/C17H31N3O.ClH/c1-11(15-8-12-3-4-14(15)7-12)19-17(21)10-20(2)16(9-18)13-5-6-13;/h11-16H,3-10,18H2,1-2H3,(H,19,21);1H. The highest BCUT2D eigenvalue weighted by atomic mass is 35.5. The molecule has 5 unspecified atom stereocenters. The van der Waals surface area contributed by atoms with Crippen LogP contribution in [0, 0.1) is 23.7 Å². The molecule has 0 aliphatic heterocycles. The Hall–Kier alpha value is -0.320. The average molecular weight is 330 g/mol. The van der Waals surface area contributed by atoms with Crippen molar-refractivity contribution in [3.05, 3.63) is 0 Å². The molecule has 22 heavy (non-hydrogen) atoms. The van der Waals surface area contributed by atoms with Gasteiger partial charge in [0, 0.05) is 18.6 Å². The number of amides is 1. The fraction of sp³-hybridized carbons (Fsp3) is 0.941. The largest absolute Gasteiger partial charge is 0.352 e. The van der Waals surface area contributed by atoms with Gasteiger partial charge in [0.25, 0.3) is 0 Å². The van der Waals surface area contributed by atoms with E-state index in [-0.39, 0.29) is 18.3 Å². The Labute approximate surface area is 141 Å². The van der Waals surface area contributed by atoms with E-state index in [0.717, 1.165) is 17.8 Å². The number of carbonyl (C=O) groups excluding carboxylic acids is 1. The number of nitrogens with zero attached hydrogens (tertiary/aromatic N) is 1. The van der Waals surface area contributed by atoms with Crippen molar-refractivity contribution in [2.24, 2.45) is 29.4 Å². The lowest BCUT2D eigenvalue weighted by molar-refractivity contribution is -0.123. The van der Waals surface area contributed by atoms with Gasteiger partial charge >= 0.3 is 0 Å². The molecule has 128 valence electrons. The Morgan fingerprint density at radius 3 is 2.50 bits per heavy atom. The van der Waals surface area contributed by atoms with Gasteiger partial charge in [-0.1, -0.05) is 6.42 Å². The maximum atomic E-state index is 12.3. The number of halogens is 1. The maximum Gasteiger partial charge on any atom is 0.234 e. The molecule has 1 amide bonds. The Kier molecular flexibility index (Phi) is 6.14. The first kappa shape index (κ1) is 18.0. The monoisotopic (exact) mass is 329 g/mol. The van der Waals surface area contributed by atoms with E-state index in [9.17, 15) is 4.79 Å². The first-order chi connectivity index (χ1) is 10.1. The molecule has 0 aromatic carbocycles. The van der Waals surface area contributed by atoms with E-state index in [4.69, 9.17) is 5.73 Å². The summed E-state index contributed by atoms with van der Waals surface area (Å²) in [6, 6.07) is 0.715. The minimum atomic E-state index is 0. The van der Waals surface area contributed by atoms with Gasteiger partial charge in [0.1, 0.15) is 0 Å². The van der Waals surface area contributed by atoms with Gasteiger partial charge in [0.15, 0.2) is 0 Å². The number of nitrogens with one attached hydrogen (secondary N) is 1. The van der Waals surface area contributed by atoms with Crippen LogP contribution in [0.5, 0.6) is 0 Å². The van der Waals surface area contributed by atoms with E-state index in [1.807, 2.05) is 7.05 Å². The lowest BCUT2D eigenvalue weighted by Crippen LogP contribution is -2.48. The Morgan fingerprint density at radius 2 is 2.00 bits per heavy atom. The van der Waals surface area contributed by atoms with Crippen LogP contribution >= 0.6 is 12.4 Å². The molecule has 3 aliphatic rings. The predicted octanol–water partition coefficient (Wildman–Crippen LogP) is 2.02. The first-order valence-electron chi connectivity index (χ1n) is 8.78. The fourth-order valence-corrected chi connectivity index (χ4v) is 4.87. The molecule has 4 nitrogen and oxygen atoms in total. The van der Waals surface area contributed by atoms with E-state index in [0.29, 0.717) is 31.1 Å². The molecule has 5 heteroatoms. The van der Waals surface area contributed by atoms with Gasteiger partial charge in [-0.25, -0.2) is 0 Å². The molecule has 3 rings (SSSR count). The summed E-state index contributed by atoms with van der Waals surface area (Å²) < 4.78 is 0. The lowest BCUT2D eigenvalue weighted by atomic mass is 9.84. The summed E-state index contributed by atoms with van der Waals surface area (Å²) in [5, 5.41) is 3.25. The molecule has 3 fully saturated rings. The van der Waals surface area contributed by atoms with Gasteiger partial charge in [-0.2, -0.15) is 0 Å². The average Bonchev–Trinajstić information content (AvgIpc) is 3.04. The molecule has 0 aromatic rings. The highest BCUT2D eigenvalue weighted by Crippen LogP contribution is 2.49. The second-order valence-corrected chi connectivity index (χ2v) is 7.75. The molecule has 0 saturated heterocycles. The second kappa shape index (κ2) is 7.50. The van der Waals surface area contributed by atoms with Gasteiger partial charge in [0.05, 0.1) is 6.54 Å². The van der Waals surface area contributed by atoms with Crippen LogP contribution in [0.1, 0.15) is 45.4 Å². The van der Waals surface area contributed by atoms with Crippen LogP contribution < -0.4 is 11.1 Å². The quantitative estimate of drug-likeness (QED) is 0.751. The maximum absolute atomic E-state index is 12.3. The van der Waals surface area contributed by atoms with Crippen LogP contribution in [0.3, 0.4) is 0 Å². The van der Waals surface area contributed by atoms with Crippen molar-refractivity contribution in [1.29, 1.82) is 0 Å². The zero-order chi connectivity index (χ0) is 15.0. The Balaban J connectivity index is 0.00000176. The van der Waals surface area contributed by atoms with E-state index >= 15 is 0 Å². The molecular weight excluding hydrogens is 298 g/mol. The predicted molar refractivity (Wildman–Crippen MR) is 92.0 cm³/mol. The van der Waals surface area contributed by atoms with Crippen molar-refractivity contribution in [2.75, 3.05) is 20.1 Å². The SMILES string of the molecule is CC(NC(=O)CN(C)C(CN)C1CC1)C1CC2CCC1C2.Cl. The third-order valence-corrected chi connectivity index (χ3v) is 6.19. The molecule has 3 N–H and O–H groups in total. The molecule has 3 aliphatic carbocycles. The molecule has 0 spiro atoms. The Morgan fingerprint density at radius 1 is 1.27 bits per heavy atom. The van der Waals surface area contributed by atoms with Crippen molar-refractivity contribution in [3.63, 3.8) is 0 Å². The van der Waals surface area contributed by atoms with Crippen molar-refractivity contribution in [2.45, 2.75) is 57.5 Å². The summed E-state index contributed by atoms with van der Waals surface area (Å²) in [4.78, 5) is 14.4. The highest BCUT2D eigenvalue weighted by Gasteiger charge is 2.42. The molecular formula is C17H32ClN3O. The molecule has 0 aromatic heterocycles. The van der Waals surface area contributed by atoms with Crippen LogP contribution in [0.4, 0.5) is 0 Å². The smallest absolute Gasteiger partial charge is 0.234 e. The molecule has 0 heterocycles. The van der Waals surface area contributed by atoms with Crippen LogP contribution in [-0.4, -0.2) is 43.0 Å². The normalized spacial score (nSPS) is 32.6. The lowest BCUT2D eigenvalue weighted by Gasteiger charge is -2.30. The number of likely N-dealkylation sites (N-methyl/N-ethyl adjacent to an activating group) is 1. The molecule has 3 saturated carbocycles. The summed E-state index contributed by atoms with van der Waals surface area (Å²) in [5.41, 5.74) is 5.86. The number of carbonyl (C=O) groups is 1. The minimum Gasteiger partial charge on any atom is -0.352 e. The number of hydrogen-bond donors (Lipinski definition) is 2. The van der Waals surface area contributed by atoms with E-state index in [1.165, 1.54) is 38.5 Å². The van der Waals surface area contributed by atoms with Crippen LogP contribution in [-0.2, 0) is 4.79 Å². The summed E-state index contributed by atoms with van der Waals surface area (Å²) in [7, 11) is 2.04. The number of fused-ring (bicyclic) bond motifs is 2. The van der Waals surface area contributed by atoms with Crippen molar-refractivity contribution in [3.8, 4) is 0 Å². The molecule has 5 atom stereocenters. The molecule has 2 bridgehead atoms. The van der Waals surface area contributed by atoms with Gasteiger partial charge in [0.2, 0.25) is 5.91 Å². The number of nitrogens with two attached hydrogens (primary N) is 1. The van der Waals surface area contributed by atoms with Crippen molar-refractivity contribution >= 4 is 18.3 Å². The minimum absolute atomic E-state index is 0. The van der Waals surface area contributed by atoms with Crippen molar-refractivity contribution in [1.82, 2.24) is 10.2 Å². The number of hydrogen-bond acceptors (Lipinski definition) is 3. The summed E-state index contributed by atoms with van der Waals surface area (Å²) in [5.74, 6) is 3.42. The van der Waals surface area contributed by atoms with Gasteiger partial charge in [-0.05, 0) is 69.7 Å². The van der Waals surface area contributed by atoms with Gasteiger partial charge < -0.3 is 11.1 Å². The number of rotatable bonds is 7. The van der Waals surface area contributed by atoms with Gasteiger partial charge in [-0.3, -0.25) is 9.69 Å². The van der Waals surface area contributed by atoms with Crippen LogP contribution in [0.25, 0.3) is 0 Å².